The smallest absolute Gasteiger partial charge is 0.0288 e. The summed E-state index contributed by atoms with van der Waals surface area (Å²) in [6.07, 6.45) is 0. The van der Waals surface area contributed by atoms with Crippen LogP contribution in [-0.4, -0.2) is 0 Å². The van der Waals surface area contributed by atoms with Crippen molar-refractivity contribution in [1.29, 1.82) is 0 Å². The lowest BCUT2D eigenvalue weighted by molar-refractivity contribution is 1.40. The van der Waals surface area contributed by atoms with Gasteiger partial charge in [-0.15, -0.1) is 0 Å². The molecule has 160 valence electrons. The van der Waals surface area contributed by atoms with Gasteiger partial charge >= 0.3 is 0 Å². The molecule has 4 heteroatoms. The summed E-state index contributed by atoms with van der Waals surface area (Å²) in [5.41, 5.74) is 10.7. The highest BCUT2D eigenvalue weighted by molar-refractivity contribution is 8.76. The minimum atomic E-state index is 1.03. The first-order valence-electron chi connectivity index (χ1n) is 10.7. The van der Waals surface area contributed by atoms with Gasteiger partial charge in [-0.3, -0.25) is 0 Å². The fraction of sp³-hybridized carbons (Fsp3) is 0.143. The molecule has 14 rings (SSSR count). The SMILES string of the molecule is c1cc2ccc1CSSCc1ccc(cc1)-c1ccc(cc1)CSSCc1ccc-2cc1. The van der Waals surface area contributed by atoms with Crippen molar-refractivity contribution in [2.24, 2.45) is 0 Å². The second-order valence-electron chi connectivity index (χ2n) is 7.84. The van der Waals surface area contributed by atoms with Crippen molar-refractivity contribution < 1.29 is 0 Å². The second kappa shape index (κ2) is 10.9. The molecule has 10 aliphatic heterocycles. The Morgan fingerprint density at radius 1 is 0.281 bits per heavy atom. The summed E-state index contributed by atoms with van der Waals surface area (Å²) in [4.78, 5) is 0. The Bertz CT molecular complexity index is 942. The first-order valence-corrected chi connectivity index (χ1v) is 15.7. The molecule has 32 heavy (non-hydrogen) atoms. The molecule has 0 amide bonds. The van der Waals surface area contributed by atoms with Crippen LogP contribution in [0.2, 0.25) is 0 Å². The minimum absolute atomic E-state index is 1.03. The Morgan fingerprint density at radius 2 is 0.469 bits per heavy atom. The monoisotopic (exact) mass is 488 g/mol. The first-order chi connectivity index (χ1) is 15.8. The van der Waals surface area contributed by atoms with Crippen LogP contribution in [0.1, 0.15) is 22.3 Å². The number of hydrogen-bond acceptors (Lipinski definition) is 4. The average Bonchev–Trinajstić information content (AvgIpc) is 2.86. The van der Waals surface area contributed by atoms with E-state index in [2.05, 4.69) is 97.1 Å². The summed E-state index contributed by atoms with van der Waals surface area (Å²) in [5, 5.41) is 0. The number of hydrogen-bond donors (Lipinski definition) is 0. The minimum Gasteiger partial charge on any atom is -0.0890 e. The Balaban J connectivity index is 1.34. The quantitative estimate of drug-likeness (QED) is 0.226. The first kappa shape index (κ1) is 22.1. The van der Waals surface area contributed by atoms with E-state index in [0.717, 1.165) is 23.0 Å². The van der Waals surface area contributed by atoms with Crippen molar-refractivity contribution in [1.82, 2.24) is 0 Å². The molecular weight excluding hydrogens is 465 g/mol. The van der Waals surface area contributed by atoms with Crippen LogP contribution < -0.4 is 0 Å². The second-order valence-corrected chi connectivity index (χ2v) is 12.8. The predicted molar refractivity (Wildman–Crippen MR) is 149 cm³/mol. The van der Waals surface area contributed by atoms with Gasteiger partial charge in [0.2, 0.25) is 0 Å². The molecule has 0 aliphatic carbocycles. The van der Waals surface area contributed by atoms with Crippen molar-refractivity contribution in [2.45, 2.75) is 23.0 Å². The highest BCUT2D eigenvalue weighted by atomic mass is 33.1. The Labute approximate surface area is 206 Å². The highest BCUT2D eigenvalue weighted by Crippen LogP contribution is 2.33. The molecule has 0 saturated carbocycles. The van der Waals surface area contributed by atoms with Gasteiger partial charge in [-0.05, 0) is 44.5 Å². The molecule has 0 atom stereocenters. The zero-order chi connectivity index (χ0) is 21.6. The third-order valence-electron chi connectivity index (χ3n) is 5.55. The molecule has 0 spiro atoms. The van der Waals surface area contributed by atoms with Crippen LogP contribution in [0.25, 0.3) is 22.3 Å². The Morgan fingerprint density at radius 3 is 0.656 bits per heavy atom. The van der Waals surface area contributed by atoms with Gasteiger partial charge in [0.15, 0.2) is 0 Å². The lowest BCUT2D eigenvalue weighted by Gasteiger charge is -2.08. The molecule has 0 fully saturated rings. The molecule has 0 radical (unpaired) electrons. The molecule has 10 aliphatic rings. The van der Waals surface area contributed by atoms with Gasteiger partial charge in [0.1, 0.15) is 0 Å². The molecule has 0 saturated heterocycles. The van der Waals surface area contributed by atoms with E-state index in [1.807, 2.05) is 43.2 Å². The fourth-order valence-electron chi connectivity index (χ4n) is 3.61. The molecule has 0 aromatic heterocycles. The molecule has 8 bridgehead atoms. The van der Waals surface area contributed by atoms with Gasteiger partial charge in [-0.25, -0.2) is 0 Å². The van der Waals surface area contributed by atoms with Crippen molar-refractivity contribution in [3.05, 3.63) is 119 Å². The molecule has 0 N–H and O–H groups in total. The van der Waals surface area contributed by atoms with Gasteiger partial charge in [0.05, 0.1) is 0 Å². The van der Waals surface area contributed by atoms with Crippen molar-refractivity contribution in [3.8, 4) is 22.3 Å². The zero-order valence-electron chi connectivity index (χ0n) is 17.7. The van der Waals surface area contributed by atoms with Crippen molar-refractivity contribution in [2.75, 3.05) is 0 Å². The maximum atomic E-state index is 2.27. The highest BCUT2D eigenvalue weighted by Gasteiger charge is 2.04. The summed E-state index contributed by atoms with van der Waals surface area (Å²) in [5.74, 6) is 4.12. The largest absolute Gasteiger partial charge is 0.0890 e. The molecular formula is C28H24S4. The summed E-state index contributed by atoms with van der Waals surface area (Å²) >= 11 is 0. The lowest BCUT2D eigenvalue weighted by Crippen LogP contribution is -1.85. The van der Waals surface area contributed by atoms with E-state index in [-0.39, 0.29) is 0 Å². The summed E-state index contributed by atoms with van der Waals surface area (Å²) in [7, 11) is 7.73. The standard InChI is InChI=1S/C28H24S4/c1-9-25-10-2-21(1)17-29-30-18-23-5-13-27(14-6-23)28-15-7-24(8-16-28)20-32-31-19-22-3-11-26(25)12-4-22/h1-16H,17-20H2. The topological polar surface area (TPSA) is 0 Å². The molecule has 4 aromatic carbocycles. The van der Waals surface area contributed by atoms with Crippen LogP contribution in [0.5, 0.6) is 0 Å². The van der Waals surface area contributed by atoms with E-state index in [0.29, 0.717) is 0 Å². The predicted octanol–water partition coefficient (Wildman–Crippen LogP) is 9.50. The van der Waals surface area contributed by atoms with E-state index in [1.165, 1.54) is 44.5 Å². The van der Waals surface area contributed by atoms with Crippen LogP contribution in [0.3, 0.4) is 0 Å². The van der Waals surface area contributed by atoms with E-state index >= 15 is 0 Å². The lowest BCUT2D eigenvalue weighted by atomic mass is 10.0. The van der Waals surface area contributed by atoms with Gasteiger partial charge < -0.3 is 0 Å². The zero-order valence-corrected chi connectivity index (χ0v) is 21.0. The van der Waals surface area contributed by atoms with Crippen LogP contribution in [0.4, 0.5) is 0 Å². The number of rotatable bonds is 0. The van der Waals surface area contributed by atoms with E-state index < -0.39 is 0 Å². The van der Waals surface area contributed by atoms with Crippen LogP contribution in [-0.2, 0) is 23.0 Å². The third-order valence-corrected chi connectivity index (χ3v) is 10.1. The Kier molecular flexibility index (Phi) is 7.55. The Hall–Kier alpha value is -1.72. The normalized spacial score (nSPS) is 14.5. The van der Waals surface area contributed by atoms with Crippen molar-refractivity contribution in [3.63, 3.8) is 0 Å². The van der Waals surface area contributed by atoms with E-state index in [4.69, 9.17) is 0 Å². The van der Waals surface area contributed by atoms with Crippen molar-refractivity contribution >= 4 is 43.2 Å². The molecule has 0 unspecified atom stereocenters. The van der Waals surface area contributed by atoms with E-state index in [9.17, 15) is 0 Å². The third kappa shape index (κ3) is 5.79. The average molecular weight is 489 g/mol. The molecule has 10 heterocycles. The molecule has 4 aromatic rings. The van der Waals surface area contributed by atoms with Gasteiger partial charge in [-0.1, -0.05) is 140 Å². The van der Waals surface area contributed by atoms with Crippen LogP contribution in [0, 0.1) is 0 Å². The number of benzene rings is 4. The van der Waals surface area contributed by atoms with Crippen LogP contribution >= 0.6 is 43.2 Å². The van der Waals surface area contributed by atoms with Gasteiger partial charge in [-0.2, -0.15) is 0 Å². The van der Waals surface area contributed by atoms with Gasteiger partial charge in [0.25, 0.3) is 0 Å². The van der Waals surface area contributed by atoms with Gasteiger partial charge in [0, 0.05) is 23.0 Å². The van der Waals surface area contributed by atoms with E-state index in [1.54, 1.807) is 0 Å². The summed E-state index contributed by atoms with van der Waals surface area (Å²) in [6.45, 7) is 0. The summed E-state index contributed by atoms with van der Waals surface area (Å²) in [6, 6.07) is 36.1. The fourth-order valence-corrected chi connectivity index (χ4v) is 7.89. The maximum Gasteiger partial charge on any atom is 0.0288 e. The van der Waals surface area contributed by atoms with Crippen LogP contribution in [0.15, 0.2) is 97.1 Å². The summed E-state index contributed by atoms with van der Waals surface area (Å²) < 4.78 is 0. The molecule has 0 nitrogen and oxygen atoms in total. The maximum absolute atomic E-state index is 2.27.